The van der Waals surface area contributed by atoms with Crippen molar-refractivity contribution in [2.45, 2.75) is 13.0 Å². The zero-order valence-corrected chi connectivity index (χ0v) is 16.7. The van der Waals surface area contributed by atoms with E-state index in [1.54, 1.807) is 0 Å². The number of H-pyrrole nitrogens is 1. The second-order valence-electron chi connectivity index (χ2n) is 6.95. The highest BCUT2D eigenvalue weighted by atomic mass is 35.5. The van der Waals surface area contributed by atoms with Crippen LogP contribution in [0.1, 0.15) is 16.1 Å². The molecule has 3 heterocycles. The molecule has 3 aromatic heterocycles. The highest BCUT2D eigenvalue weighted by molar-refractivity contribution is 6.13. The molecule has 0 amide bonds. The van der Waals surface area contributed by atoms with Gasteiger partial charge in [-0.15, -0.1) is 0 Å². The lowest BCUT2D eigenvalue weighted by Crippen LogP contribution is -3.00. The molecule has 146 valence electrons. The lowest BCUT2D eigenvalue weighted by Gasteiger charge is -2.00. The summed E-state index contributed by atoms with van der Waals surface area (Å²) < 4.78 is 9.08. The maximum Gasteiger partial charge on any atom is 0.378 e. The number of hydrogen-bond donors (Lipinski definition) is 1. The Hall–Kier alpha value is -3.31. The summed E-state index contributed by atoms with van der Waals surface area (Å²) in [6.45, 7) is 0.827. The van der Waals surface area contributed by atoms with E-state index in [9.17, 15) is 4.79 Å². The van der Waals surface area contributed by atoms with Crippen molar-refractivity contribution in [3.8, 4) is 0 Å². The predicted molar refractivity (Wildman–Crippen MR) is 108 cm³/mol. The average Bonchev–Trinajstić information content (AvgIpc) is 3.33. The number of carbonyl (C=O) groups is 1. The molecule has 0 aliphatic rings. The number of fused-ring (bicyclic) bond motifs is 5. The number of aromatic amines is 1. The average molecular weight is 406 g/mol. The largest absolute Gasteiger partial charge is 1.00 e. The van der Waals surface area contributed by atoms with Crippen LogP contribution < -0.4 is 17.0 Å². The molecule has 1 N–H and O–H groups in total. The number of para-hydroxylation sites is 1. The number of carbonyl (C=O) groups excluding carboxylic acids is 1. The van der Waals surface area contributed by atoms with Crippen LogP contribution in [0.2, 0.25) is 0 Å². The smallest absolute Gasteiger partial charge is 0.378 e. The fourth-order valence-corrected chi connectivity index (χ4v) is 3.85. The van der Waals surface area contributed by atoms with Gasteiger partial charge in [0.1, 0.15) is 6.20 Å². The van der Waals surface area contributed by atoms with Crippen LogP contribution in [0.4, 0.5) is 0 Å². The molecule has 0 saturated heterocycles. The first kappa shape index (κ1) is 19.0. The van der Waals surface area contributed by atoms with Crippen molar-refractivity contribution in [2.75, 3.05) is 7.11 Å². The third kappa shape index (κ3) is 3.23. The van der Waals surface area contributed by atoms with E-state index in [4.69, 9.17) is 4.74 Å². The van der Waals surface area contributed by atoms with Crippen molar-refractivity contribution in [1.82, 2.24) is 9.38 Å². The van der Waals surface area contributed by atoms with Gasteiger partial charge in [-0.05, 0) is 11.6 Å². The number of rotatable bonds is 4. The number of imidazole rings is 1. The molecular formula is C23H20ClN3O2. The molecule has 5 rings (SSSR count). The number of nitrogens with zero attached hydrogens (tertiary/aromatic N) is 2. The maximum absolute atomic E-state index is 12.5. The van der Waals surface area contributed by atoms with Crippen molar-refractivity contribution < 1.29 is 26.5 Å². The molecule has 0 unspecified atom stereocenters. The van der Waals surface area contributed by atoms with E-state index in [2.05, 4.69) is 52.1 Å². The lowest BCUT2D eigenvalue weighted by molar-refractivity contribution is -0.695. The zero-order chi connectivity index (χ0) is 19.1. The number of aryl methyl sites for hydroxylation is 2. The Balaban J connectivity index is 0.00000205. The highest BCUT2D eigenvalue weighted by Gasteiger charge is 2.23. The molecule has 0 atom stereocenters. The summed E-state index contributed by atoms with van der Waals surface area (Å²) in [5.74, 6) is -0.344. The van der Waals surface area contributed by atoms with Crippen LogP contribution in [0, 0.1) is 0 Å². The minimum atomic E-state index is -0.344. The molecule has 0 radical (unpaired) electrons. The van der Waals surface area contributed by atoms with Crippen molar-refractivity contribution in [3.05, 3.63) is 84.4 Å². The van der Waals surface area contributed by atoms with Crippen LogP contribution in [0.3, 0.4) is 0 Å². The van der Waals surface area contributed by atoms with E-state index in [-0.39, 0.29) is 18.4 Å². The molecule has 0 bridgehead atoms. The maximum atomic E-state index is 12.5. The van der Waals surface area contributed by atoms with Gasteiger partial charge in [-0.25, -0.2) is 9.36 Å². The van der Waals surface area contributed by atoms with Gasteiger partial charge in [-0.2, -0.15) is 4.40 Å². The van der Waals surface area contributed by atoms with Crippen molar-refractivity contribution in [1.29, 1.82) is 0 Å². The van der Waals surface area contributed by atoms with E-state index in [1.165, 1.54) is 12.7 Å². The summed E-state index contributed by atoms with van der Waals surface area (Å²) >= 11 is 0. The second kappa shape index (κ2) is 7.60. The summed E-state index contributed by atoms with van der Waals surface area (Å²) in [5, 5.41) is 2.12. The molecule has 0 fully saturated rings. The number of pyridine rings is 1. The van der Waals surface area contributed by atoms with Gasteiger partial charge < -0.3 is 22.1 Å². The molecular weight excluding hydrogens is 386 g/mol. The third-order valence-electron chi connectivity index (χ3n) is 5.25. The van der Waals surface area contributed by atoms with Gasteiger partial charge in [-0.3, -0.25) is 0 Å². The summed E-state index contributed by atoms with van der Waals surface area (Å²) in [6, 6.07) is 20.4. The lowest BCUT2D eigenvalue weighted by atomic mass is 10.1. The Kier molecular flexibility index (Phi) is 4.99. The van der Waals surface area contributed by atoms with Gasteiger partial charge in [0.25, 0.3) is 0 Å². The first-order chi connectivity index (χ1) is 13.7. The minimum Gasteiger partial charge on any atom is -1.00 e. The summed E-state index contributed by atoms with van der Waals surface area (Å²) in [5.41, 5.74) is 4.84. The number of ether oxygens (including phenoxy) is 1. The highest BCUT2D eigenvalue weighted by Crippen LogP contribution is 2.29. The SMILES string of the molecule is COC(=O)c1cc2c3ccccc3[nH]c2c2c[n+](CCc3ccccc3)cn12.[Cl-]. The number of aromatic nitrogens is 3. The molecule has 5 nitrogen and oxygen atoms in total. The first-order valence-corrected chi connectivity index (χ1v) is 9.31. The zero-order valence-electron chi connectivity index (χ0n) is 15.9. The quantitative estimate of drug-likeness (QED) is 0.357. The molecule has 2 aromatic carbocycles. The standard InChI is InChI=1S/C23H19N3O2.ClH/c1-28-23(27)20-13-18-17-9-5-6-10-19(17)24-22(18)21-14-25(15-26(20)21)12-11-16-7-3-2-4-8-16;/h2-10,13-15H,11-12H2,1H3;1H. The van der Waals surface area contributed by atoms with E-state index < -0.39 is 0 Å². The van der Waals surface area contributed by atoms with Gasteiger partial charge in [0.2, 0.25) is 12.0 Å². The van der Waals surface area contributed by atoms with Crippen LogP contribution >= 0.6 is 0 Å². The summed E-state index contributed by atoms with van der Waals surface area (Å²) in [4.78, 5) is 16.0. The number of benzene rings is 2. The second-order valence-corrected chi connectivity index (χ2v) is 6.95. The number of hydrogen-bond acceptors (Lipinski definition) is 2. The molecule has 5 aromatic rings. The van der Waals surface area contributed by atoms with Crippen molar-refractivity contribution in [2.24, 2.45) is 0 Å². The van der Waals surface area contributed by atoms with E-state index in [0.717, 1.165) is 40.3 Å². The van der Waals surface area contributed by atoms with Gasteiger partial charge >= 0.3 is 5.97 Å². The van der Waals surface area contributed by atoms with Gasteiger partial charge in [0, 0.05) is 28.8 Å². The van der Waals surface area contributed by atoms with Crippen LogP contribution in [0.25, 0.3) is 27.3 Å². The molecule has 0 spiro atoms. The molecule has 0 saturated carbocycles. The van der Waals surface area contributed by atoms with Crippen LogP contribution in [0.5, 0.6) is 0 Å². The van der Waals surface area contributed by atoms with Crippen molar-refractivity contribution >= 4 is 33.3 Å². The van der Waals surface area contributed by atoms with Crippen LogP contribution in [-0.4, -0.2) is 22.5 Å². The monoisotopic (exact) mass is 405 g/mol. The molecule has 0 aliphatic carbocycles. The Morgan fingerprint density at radius 1 is 1.07 bits per heavy atom. The summed E-state index contributed by atoms with van der Waals surface area (Å²) in [7, 11) is 1.42. The van der Waals surface area contributed by atoms with Crippen LogP contribution in [0.15, 0.2) is 73.2 Å². The Morgan fingerprint density at radius 2 is 1.83 bits per heavy atom. The van der Waals surface area contributed by atoms with Crippen LogP contribution in [-0.2, 0) is 17.7 Å². The third-order valence-corrected chi connectivity index (χ3v) is 5.25. The van der Waals surface area contributed by atoms with E-state index in [1.807, 2.05) is 35.0 Å². The fraction of sp³-hybridized carbons (Fsp3) is 0.130. The number of nitrogens with one attached hydrogen (secondary N) is 1. The van der Waals surface area contributed by atoms with Gasteiger partial charge in [0.05, 0.1) is 19.2 Å². The topological polar surface area (TPSA) is 50.4 Å². The number of esters is 1. The van der Waals surface area contributed by atoms with E-state index in [0.29, 0.717) is 5.69 Å². The van der Waals surface area contributed by atoms with Gasteiger partial charge in [0.15, 0.2) is 5.52 Å². The van der Waals surface area contributed by atoms with Crippen molar-refractivity contribution in [3.63, 3.8) is 0 Å². The number of halogens is 1. The Bertz CT molecular complexity index is 1320. The molecule has 0 aliphatic heterocycles. The van der Waals surface area contributed by atoms with Gasteiger partial charge in [-0.1, -0.05) is 48.5 Å². The first-order valence-electron chi connectivity index (χ1n) is 9.31. The van der Waals surface area contributed by atoms with E-state index >= 15 is 0 Å². The predicted octanol–water partition coefficient (Wildman–Crippen LogP) is 0.895. The summed E-state index contributed by atoms with van der Waals surface area (Å²) in [6.07, 6.45) is 4.98. The normalized spacial score (nSPS) is 11.1. The molecule has 6 heteroatoms. The Labute approximate surface area is 173 Å². The molecule has 29 heavy (non-hydrogen) atoms. The minimum absolute atomic E-state index is 0. The Morgan fingerprint density at radius 3 is 2.62 bits per heavy atom. The number of methoxy groups -OCH3 is 1. The fourth-order valence-electron chi connectivity index (χ4n) is 3.85.